The zero-order valence-electron chi connectivity index (χ0n) is 8.10. The summed E-state index contributed by atoms with van der Waals surface area (Å²) in [6.07, 6.45) is 0. The van der Waals surface area contributed by atoms with Gasteiger partial charge in [-0.15, -0.1) is 0 Å². The molecule has 0 saturated heterocycles. The number of anilines is 1. The lowest BCUT2D eigenvalue weighted by molar-refractivity contribution is -0.383. The van der Waals surface area contributed by atoms with Gasteiger partial charge in [0.15, 0.2) is 0 Å². The lowest BCUT2D eigenvalue weighted by Gasteiger charge is -2.02. The number of nitro groups is 1. The molecule has 0 unspecified atom stereocenters. The van der Waals surface area contributed by atoms with Gasteiger partial charge in [0.25, 0.3) is 5.69 Å². The summed E-state index contributed by atoms with van der Waals surface area (Å²) < 4.78 is 4.72. The van der Waals surface area contributed by atoms with Crippen molar-refractivity contribution in [1.29, 1.82) is 0 Å². The Hall–Kier alpha value is -2.11. The molecule has 2 N–H and O–H groups in total. The van der Waals surface area contributed by atoms with Crippen LogP contribution < -0.4 is 5.73 Å². The summed E-state index contributed by atoms with van der Waals surface area (Å²) in [4.78, 5) is 21.1. The molecule has 0 amide bonds. The average Bonchev–Trinajstić information content (AvgIpc) is 2.17. The van der Waals surface area contributed by atoms with E-state index in [0.29, 0.717) is 0 Å². The van der Waals surface area contributed by atoms with Crippen LogP contribution in [0.1, 0.15) is 17.3 Å². The normalized spacial score (nSPS) is 9.67. The molecule has 0 bridgehead atoms. The van der Waals surface area contributed by atoms with Crippen LogP contribution >= 0.6 is 0 Å². The molecule has 0 heterocycles. The SMILES string of the molecule is CCOC(=O)c1ccc([N+](=O)[O-])c(N)c1. The zero-order valence-corrected chi connectivity index (χ0v) is 8.10. The van der Waals surface area contributed by atoms with Crippen LogP contribution in [0.3, 0.4) is 0 Å². The zero-order chi connectivity index (χ0) is 11.4. The summed E-state index contributed by atoms with van der Waals surface area (Å²) in [6.45, 7) is 1.92. The van der Waals surface area contributed by atoms with Crippen LogP contribution in [0.25, 0.3) is 0 Å². The van der Waals surface area contributed by atoms with Gasteiger partial charge in [-0.25, -0.2) is 4.79 Å². The fraction of sp³-hybridized carbons (Fsp3) is 0.222. The molecule has 0 fully saturated rings. The average molecular weight is 210 g/mol. The van der Waals surface area contributed by atoms with E-state index in [9.17, 15) is 14.9 Å². The minimum absolute atomic E-state index is 0.0504. The minimum Gasteiger partial charge on any atom is -0.462 e. The first-order valence-corrected chi connectivity index (χ1v) is 4.27. The molecule has 6 nitrogen and oxygen atoms in total. The Bertz CT molecular complexity index is 403. The van der Waals surface area contributed by atoms with E-state index in [0.717, 1.165) is 0 Å². The Labute approximate surface area is 85.8 Å². The Morgan fingerprint density at radius 2 is 2.27 bits per heavy atom. The lowest BCUT2D eigenvalue weighted by atomic mass is 10.2. The largest absolute Gasteiger partial charge is 0.462 e. The smallest absolute Gasteiger partial charge is 0.338 e. The van der Waals surface area contributed by atoms with Crippen LogP contribution in [-0.4, -0.2) is 17.5 Å². The second kappa shape index (κ2) is 4.41. The fourth-order valence-electron chi connectivity index (χ4n) is 1.06. The third kappa shape index (κ3) is 2.43. The Morgan fingerprint density at radius 1 is 1.60 bits per heavy atom. The summed E-state index contributed by atoms with van der Waals surface area (Å²) in [6, 6.07) is 3.73. The number of ether oxygens (including phenoxy) is 1. The van der Waals surface area contributed by atoms with Crippen molar-refractivity contribution >= 4 is 17.3 Å². The first-order chi connectivity index (χ1) is 7.06. The van der Waals surface area contributed by atoms with Crippen LogP contribution in [0.5, 0.6) is 0 Å². The van der Waals surface area contributed by atoms with E-state index in [-0.39, 0.29) is 23.5 Å². The molecule has 80 valence electrons. The number of rotatable bonds is 3. The van der Waals surface area contributed by atoms with E-state index in [1.165, 1.54) is 18.2 Å². The molecule has 0 radical (unpaired) electrons. The Kier molecular flexibility index (Phi) is 3.22. The van der Waals surface area contributed by atoms with Crippen LogP contribution in [0, 0.1) is 10.1 Å². The third-order valence-corrected chi connectivity index (χ3v) is 1.74. The lowest BCUT2D eigenvalue weighted by Crippen LogP contribution is -2.06. The number of nitrogens with zero attached hydrogens (tertiary/aromatic N) is 1. The molecule has 0 saturated carbocycles. The molecule has 6 heteroatoms. The molecule has 0 aromatic heterocycles. The number of carbonyl (C=O) groups excluding carboxylic acids is 1. The van der Waals surface area contributed by atoms with Gasteiger partial charge in [0, 0.05) is 6.07 Å². The third-order valence-electron chi connectivity index (χ3n) is 1.74. The first kappa shape index (κ1) is 11.0. The van der Waals surface area contributed by atoms with Gasteiger partial charge in [0.05, 0.1) is 17.1 Å². The monoisotopic (exact) mass is 210 g/mol. The van der Waals surface area contributed by atoms with Crippen molar-refractivity contribution in [2.45, 2.75) is 6.92 Å². The predicted molar refractivity (Wildman–Crippen MR) is 53.5 cm³/mol. The highest BCUT2D eigenvalue weighted by molar-refractivity contribution is 5.91. The standard InChI is InChI=1S/C9H10N2O4/c1-2-15-9(12)6-3-4-8(11(13)14)7(10)5-6/h3-5H,2,10H2,1H3. The predicted octanol–water partition coefficient (Wildman–Crippen LogP) is 1.35. The molecule has 1 aromatic carbocycles. The first-order valence-electron chi connectivity index (χ1n) is 4.27. The quantitative estimate of drug-likeness (QED) is 0.351. The van der Waals surface area contributed by atoms with E-state index in [2.05, 4.69) is 0 Å². The van der Waals surface area contributed by atoms with Crippen LogP contribution in [-0.2, 0) is 4.74 Å². The van der Waals surface area contributed by atoms with Gasteiger partial charge in [-0.2, -0.15) is 0 Å². The summed E-state index contributed by atoms with van der Waals surface area (Å²) in [5.74, 6) is -0.543. The van der Waals surface area contributed by atoms with Gasteiger partial charge in [-0.1, -0.05) is 0 Å². The molecular weight excluding hydrogens is 200 g/mol. The van der Waals surface area contributed by atoms with Crippen molar-refractivity contribution in [3.63, 3.8) is 0 Å². The summed E-state index contributed by atoms with van der Waals surface area (Å²) in [5, 5.41) is 10.4. The van der Waals surface area contributed by atoms with E-state index in [1.54, 1.807) is 6.92 Å². The maximum Gasteiger partial charge on any atom is 0.338 e. The van der Waals surface area contributed by atoms with Crippen LogP contribution in [0.2, 0.25) is 0 Å². The van der Waals surface area contributed by atoms with Crippen molar-refractivity contribution in [2.75, 3.05) is 12.3 Å². The van der Waals surface area contributed by atoms with E-state index >= 15 is 0 Å². The Balaban J connectivity index is 3.01. The van der Waals surface area contributed by atoms with Gasteiger partial charge >= 0.3 is 5.97 Å². The summed E-state index contributed by atoms with van der Waals surface area (Å²) in [5.41, 5.74) is 5.35. The number of hydrogen-bond acceptors (Lipinski definition) is 5. The summed E-state index contributed by atoms with van der Waals surface area (Å²) >= 11 is 0. The second-order valence-electron chi connectivity index (χ2n) is 2.75. The molecular formula is C9H10N2O4. The van der Waals surface area contributed by atoms with Gasteiger partial charge in [0.1, 0.15) is 5.69 Å². The number of benzene rings is 1. The van der Waals surface area contributed by atoms with Gasteiger partial charge in [0.2, 0.25) is 0 Å². The fourth-order valence-corrected chi connectivity index (χ4v) is 1.06. The molecule has 0 atom stereocenters. The number of esters is 1. The van der Waals surface area contributed by atoms with E-state index in [4.69, 9.17) is 10.5 Å². The van der Waals surface area contributed by atoms with Crippen LogP contribution in [0.15, 0.2) is 18.2 Å². The van der Waals surface area contributed by atoms with Gasteiger partial charge < -0.3 is 10.5 Å². The number of carbonyl (C=O) groups is 1. The maximum absolute atomic E-state index is 11.2. The Morgan fingerprint density at radius 3 is 2.73 bits per heavy atom. The van der Waals surface area contributed by atoms with Gasteiger partial charge in [-0.05, 0) is 19.1 Å². The minimum atomic E-state index is -0.607. The highest BCUT2D eigenvalue weighted by Crippen LogP contribution is 2.22. The number of hydrogen-bond donors (Lipinski definition) is 1. The topological polar surface area (TPSA) is 95.5 Å². The highest BCUT2D eigenvalue weighted by Gasteiger charge is 2.14. The molecule has 1 aromatic rings. The van der Waals surface area contributed by atoms with Crippen molar-refractivity contribution < 1.29 is 14.5 Å². The number of nitrogens with two attached hydrogens (primary N) is 1. The molecule has 15 heavy (non-hydrogen) atoms. The van der Waals surface area contributed by atoms with E-state index < -0.39 is 10.9 Å². The molecule has 1 rings (SSSR count). The van der Waals surface area contributed by atoms with Gasteiger partial charge in [-0.3, -0.25) is 10.1 Å². The summed E-state index contributed by atoms with van der Waals surface area (Å²) in [7, 11) is 0. The molecule has 0 aliphatic heterocycles. The van der Waals surface area contributed by atoms with Crippen molar-refractivity contribution in [3.8, 4) is 0 Å². The molecule has 0 aliphatic carbocycles. The van der Waals surface area contributed by atoms with Crippen LogP contribution in [0.4, 0.5) is 11.4 Å². The second-order valence-corrected chi connectivity index (χ2v) is 2.75. The van der Waals surface area contributed by atoms with Crippen molar-refractivity contribution in [2.24, 2.45) is 0 Å². The van der Waals surface area contributed by atoms with E-state index in [1.807, 2.05) is 0 Å². The molecule has 0 aliphatic rings. The highest BCUT2D eigenvalue weighted by atomic mass is 16.6. The number of nitro benzene ring substituents is 1. The van der Waals surface area contributed by atoms with Crippen molar-refractivity contribution in [1.82, 2.24) is 0 Å². The molecule has 0 spiro atoms. The number of nitrogen functional groups attached to an aromatic ring is 1. The maximum atomic E-state index is 11.2. The van der Waals surface area contributed by atoms with Crippen molar-refractivity contribution in [3.05, 3.63) is 33.9 Å².